The van der Waals surface area contributed by atoms with Gasteiger partial charge in [-0.05, 0) is 25.1 Å². The van der Waals surface area contributed by atoms with E-state index in [1.54, 1.807) is 11.3 Å². The first kappa shape index (κ1) is 9.11. The zero-order valence-electron chi connectivity index (χ0n) is 6.05. The Bertz CT molecular complexity index is 250. The number of hydrogen-bond donors (Lipinski definition) is 0. The highest BCUT2D eigenvalue weighted by Crippen LogP contribution is 2.22. The van der Waals surface area contributed by atoms with Crippen LogP contribution in [0.1, 0.15) is 11.8 Å². The van der Waals surface area contributed by atoms with Crippen molar-refractivity contribution in [3.05, 3.63) is 27.4 Å². The molecule has 0 amide bonds. The second kappa shape index (κ2) is 4.15. The Morgan fingerprint density at radius 1 is 1.55 bits per heavy atom. The molecule has 0 aliphatic rings. The summed E-state index contributed by atoms with van der Waals surface area (Å²) in [6.07, 6.45) is 3.91. The summed E-state index contributed by atoms with van der Waals surface area (Å²) in [5, 5.41) is 0.0795. The fourth-order valence-electron chi connectivity index (χ4n) is 0.645. The summed E-state index contributed by atoms with van der Waals surface area (Å²) >= 11 is 13.0. The Labute approximate surface area is 80.4 Å². The van der Waals surface area contributed by atoms with E-state index in [1.807, 2.05) is 31.2 Å². The maximum absolute atomic E-state index is 5.73. The van der Waals surface area contributed by atoms with Gasteiger partial charge >= 0.3 is 0 Å². The smallest absolute Gasteiger partial charge is 0.0934 e. The van der Waals surface area contributed by atoms with Crippen LogP contribution in [0.4, 0.5) is 0 Å². The number of rotatable bonds is 2. The third kappa shape index (κ3) is 3.28. The van der Waals surface area contributed by atoms with Gasteiger partial charge in [0.25, 0.3) is 0 Å². The maximum Gasteiger partial charge on any atom is 0.0934 e. The molecule has 0 saturated carbocycles. The highest BCUT2D eigenvalue weighted by Gasteiger charge is 1.93. The lowest BCUT2D eigenvalue weighted by molar-refractivity contribution is 1.24. The number of allylic oxidation sites excluding steroid dienone is 1. The summed E-state index contributed by atoms with van der Waals surface area (Å²) in [7, 11) is 0. The zero-order valence-corrected chi connectivity index (χ0v) is 8.38. The highest BCUT2D eigenvalue weighted by atomic mass is 35.5. The third-order valence-corrected chi connectivity index (χ3v) is 2.46. The van der Waals surface area contributed by atoms with Crippen LogP contribution in [0, 0.1) is 0 Å². The standard InChI is InChI=1S/C8H8Cl2S/c1-6(9)2-3-7-4-5-8(10)11-7/h2-6H,1H3/b3-2+. The molecule has 0 fully saturated rings. The van der Waals surface area contributed by atoms with Crippen LogP contribution in [0.25, 0.3) is 6.08 Å². The van der Waals surface area contributed by atoms with E-state index in [4.69, 9.17) is 23.2 Å². The average molecular weight is 207 g/mol. The van der Waals surface area contributed by atoms with Crippen molar-refractivity contribution in [2.75, 3.05) is 0 Å². The highest BCUT2D eigenvalue weighted by molar-refractivity contribution is 7.16. The lowest BCUT2D eigenvalue weighted by Crippen LogP contribution is -1.78. The largest absolute Gasteiger partial charge is 0.124 e. The lowest BCUT2D eigenvalue weighted by atomic mass is 10.3. The van der Waals surface area contributed by atoms with E-state index in [9.17, 15) is 0 Å². The second-order valence-corrected chi connectivity index (χ2v) is 4.61. The number of halogens is 2. The molecular weight excluding hydrogens is 199 g/mol. The summed E-state index contributed by atoms with van der Waals surface area (Å²) in [5.74, 6) is 0. The van der Waals surface area contributed by atoms with Gasteiger partial charge in [-0.2, -0.15) is 0 Å². The van der Waals surface area contributed by atoms with Crippen molar-refractivity contribution in [3.8, 4) is 0 Å². The van der Waals surface area contributed by atoms with Crippen molar-refractivity contribution in [3.63, 3.8) is 0 Å². The monoisotopic (exact) mass is 206 g/mol. The third-order valence-electron chi connectivity index (χ3n) is 1.12. The van der Waals surface area contributed by atoms with E-state index in [0.29, 0.717) is 0 Å². The predicted molar refractivity (Wildman–Crippen MR) is 53.7 cm³/mol. The minimum atomic E-state index is 0.0795. The van der Waals surface area contributed by atoms with Crippen molar-refractivity contribution < 1.29 is 0 Å². The Morgan fingerprint density at radius 2 is 2.27 bits per heavy atom. The van der Waals surface area contributed by atoms with Crippen molar-refractivity contribution in [2.45, 2.75) is 12.3 Å². The molecule has 1 aromatic heterocycles. The Hall–Kier alpha value is 0.0200. The summed E-state index contributed by atoms with van der Waals surface area (Å²) in [6.45, 7) is 1.92. The van der Waals surface area contributed by atoms with Gasteiger partial charge in [0, 0.05) is 10.3 Å². The quantitative estimate of drug-likeness (QED) is 0.642. The molecule has 0 aliphatic carbocycles. The summed E-state index contributed by atoms with van der Waals surface area (Å²) in [5.41, 5.74) is 0. The first-order valence-electron chi connectivity index (χ1n) is 3.26. The van der Waals surface area contributed by atoms with Gasteiger partial charge in [-0.25, -0.2) is 0 Å². The number of thiophene rings is 1. The molecule has 0 spiro atoms. The summed E-state index contributed by atoms with van der Waals surface area (Å²) in [4.78, 5) is 1.14. The molecule has 11 heavy (non-hydrogen) atoms. The Morgan fingerprint density at radius 3 is 2.73 bits per heavy atom. The van der Waals surface area contributed by atoms with E-state index in [2.05, 4.69) is 0 Å². The molecule has 0 aliphatic heterocycles. The molecule has 1 heterocycles. The molecule has 1 atom stereocenters. The van der Waals surface area contributed by atoms with Crippen LogP contribution < -0.4 is 0 Å². The maximum atomic E-state index is 5.73. The van der Waals surface area contributed by atoms with Gasteiger partial charge in [-0.1, -0.05) is 17.7 Å². The summed E-state index contributed by atoms with van der Waals surface area (Å²) < 4.78 is 0.812. The minimum Gasteiger partial charge on any atom is -0.124 e. The fourth-order valence-corrected chi connectivity index (χ4v) is 1.69. The van der Waals surface area contributed by atoms with Crippen molar-refractivity contribution in [2.24, 2.45) is 0 Å². The van der Waals surface area contributed by atoms with E-state index in [0.717, 1.165) is 9.21 Å². The van der Waals surface area contributed by atoms with E-state index >= 15 is 0 Å². The molecule has 0 nitrogen and oxygen atoms in total. The molecule has 0 bridgehead atoms. The molecule has 0 radical (unpaired) electrons. The van der Waals surface area contributed by atoms with Gasteiger partial charge < -0.3 is 0 Å². The number of alkyl halides is 1. The van der Waals surface area contributed by atoms with Crippen LogP contribution in [0.3, 0.4) is 0 Å². The van der Waals surface area contributed by atoms with Gasteiger partial charge in [0.15, 0.2) is 0 Å². The lowest BCUT2D eigenvalue weighted by Gasteiger charge is -1.88. The van der Waals surface area contributed by atoms with Gasteiger partial charge in [-0.15, -0.1) is 22.9 Å². The van der Waals surface area contributed by atoms with Crippen LogP contribution in [-0.2, 0) is 0 Å². The van der Waals surface area contributed by atoms with Crippen LogP contribution >= 0.6 is 34.5 Å². The van der Waals surface area contributed by atoms with Crippen LogP contribution in [0.15, 0.2) is 18.2 Å². The van der Waals surface area contributed by atoms with Crippen LogP contribution in [0.5, 0.6) is 0 Å². The molecule has 3 heteroatoms. The first-order chi connectivity index (χ1) is 5.18. The summed E-state index contributed by atoms with van der Waals surface area (Å²) in [6, 6.07) is 3.85. The van der Waals surface area contributed by atoms with Crippen LogP contribution in [0.2, 0.25) is 4.34 Å². The fraction of sp³-hybridized carbons (Fsp3) is 0.250. The molecule has 1 aromatic rings. The molecule has 0 N–H and O–H groups in total. The minimum absolute atomic E-state index is 0.0795. The Balaban J connectivity index is 2.64. The van der Waals surface area contributed by atoms with Crippen LogP contribution in [-0.4, -0.2) is 5.38 Å². The van der Waals surface area contributed by atoms with Crippen molar-refractivity contribution in [1.82, 2.24) is 0 Å². The van der Waals surface area contributed by atoms with Gasteiger partial charge in [0.05, 0.1) is 4.34 Å². The van der Waals surface area contributed by atoms with E-state index in [1.165, 1.54) is 0 Å². The van der Waals surface area contributed by atoms with Crippen molar-refractivity contribution in [1.29, 1.82) is 0 Å². The SMILES string of the molecule is CC(Cl)/C=C/c1ccc(Cl)s1. The van der Waals surface area contributed by atoms with E-state index < -0.39 is 0 Å². The molecule has 60 valence electrons. The number of hydrogen-bond acceptors (Lipinski definition) is 1. The van der Waals surface area contributed by atoms with E-state index in [-0.39, 0.29) is 5.38 Å². The molecule has 0 aromatic carbocycles. The van der Waals surface area contributed by atoms with Crippen molar-refractivity contribution >= 4 is 40.6 Å². The molecular formula is C8H8Cl2S. The average Bonchev–Trinajstić information content (AvgIpc) is 2.31. The molecule has 1 unspecified atom stereocenters. The first-order valence-corrected chi connectivity index (χ1v) is 4.89. The topological polar surface area (TPSA) is 0 Å². The Kier molecular flexibility index (Phi) is 3.44. The normalized spacial score (nSPS) is 14.1. The second-order valence-electron chi connectivity index (χ2n) is 2.18. The van der Waals surface area contributed by atoms with Gasteiger partial charge in [-0.3, -0.25) is 0 Å². The van der Waals surface area contributed by atoms with Gasteiger partial charge in [0.2, 0.25) is 0 Å². The molecule has 0 saturated heterocycles. The predicted octanol–water partition coefficient (Wildman–Crippen LogP) is 4.04. The van der Waals surface area contributed by atoms with Gasteiger partial charge in [0.1, 0.15) is 0 Å². The molecule has 1 rings (SSSR count). The zero-order chi connectivity index (χ0) is 8.27.